The van der Waals surface area contributed by atoms with Gasteiger partial charge in [0.25, 0.3) is 5.56 Å². The fraction of sp³-hybridized carbons (Fsp3) is 0.333. The van der Waals surface area contributed by atoms with Crippen LogP contribution in [0.3, 0.4) is 0 Å². The van der Waals surface area contributed by atoms with E-state index in [2.05, 4.69) is 11.4 Å². The summed E-state index contributed by atoms with van der Waals surface area (Å²) in [5, 5.41) is 2.98. The number of piperidine rings is 1. The molecule has 3 heterocycles. The van der Waals surface area contributed by atoms with Gasteiger partial charge >= 0.3 is 6.03 Å². The molecule has 1 N–H and O–H groups in total. The van der Waals surface area contributed by atoms with Gasteiger partial charge in [-0.3, -0.25) is 4.79 Å². The fourth-order valence-electron chi connectivity index (χ4n) is 4.26. The Balaban J connectivity index is 1.61. The molecule has 0 spiro atoms. The number of hydrogen-bond acceptors (Lipinski definition) is 2. The molecule has 2 bridgehead atoms. The smallest absolute Gasteiger partial charge is 0.321 e. The molecule has 1 aromatic carbocycles. The number of carbonyl (C=O) groups is 1. The summed E-state index contributed by atoms with van der Waals surface area (Å²) in [5.41, 5.74) is 3.02. The number of pyridine rings is 1. The molecule has 2 atom stereocenters. The third-order valence-electron chi connectivity index (χ3n) is 5.28. The van der Waals surface area contributed by atoms with Crippen LogP contribution in [0.5, 0.6) is 0 Å². The predicted molar refractivity (Wildman–Crippen MR) is 103 cm³/mol. The van der Waals surface area contributed by atoms with E-state index >= 15 is 0 Å². The number of allylic oxidation sites excluding steroid dienone is 1. The quantitative estimate of drug-likeness (QED) is 0.902. The highest BCUT2D eigenvalue weighted by atomic mass is 16.2. The summed E-state index contributed by atoms with van der Waals surface area (Å²) < 4.78 is 1.92. The van der Waals surface area contributed by atoms with Gasteiger partial charge < -0.3 is 14.8 Å². The second-order valence-electron chi connectivity index (χ2n) is 7.12. The molecule has 5 heteroatoms. The number of rotatable bonds is 2. The molecule has 5 nitrogen and oxygen atoms in total. The lowest BCUT2D eigenvalue weighted by Gasteiger charge is -2.43. The van der Waals surface area contributed by atoms with E-state index in [1.807, 2.05) is 58.9 Å². The maximum Gasteiger partial charge on any atom is 0.321 e. The van der Waals surface area contributed by atoms with Crippen molar-refractivity contribution in [2.75, 3.05) is 18.4 Å². The highest BCUT2D eigenvalue weighted by molar-refractivity contribution is 5.89. The van der Waals surface area contributed by atoms with Crippen LogP contribution in [0.4, 0.5) is 10.5 Å². The largest absolute Gasteiger partial charge is 0.324 e. The van der Waals surface area contributed by atoms with Gasteiger partial charge in [-0.1, -0.05) is 30.4 Å². The number of amides is 2. The lowest BCUT2D eigenvalue weighted by molar-refractivity contribution is 0.139. The van der Waals surface area contributed by atoms with Crippen LogP contribution in [0.15, 0.2) is 53.3 Å². The van der Waals surface area contributed by atoms with E-state index in [4.69, 9.17) is 0 Å². The SMILES string of the molecule is CC=Cc1ccc(=O)n2c1C1CC(CN(C(=O)Nc3ccccc3)C1)C2. The van der Waals surface area contributed by atoms with Gasteiger partial charge in [0.15, 0.2) is 0 Å². The monoisotopic (exact) mass is 349 g/mol. The second-order valence-corrected chi connectivity index (χ2v) is 7.12. The summed E-state index contributed by atoms with van der Waals surface area (Å²) in [6, 6.07) is 13.0. The Morgan fingerprint density at radius 1 is 1.12 bits per heavy atom. The Morgan fingerprint density at radius 3 is 2.69 bits per heavy atom. The summed E-state index contributed by atoms with van der Waals surface area (Å²) in [4.78, 5) is 27.0. The first kappa shape index (κ1) is 16.6. The zero-order valence-electron chi connectivity index (χ0n) is 14.9. The third-order valence-corrected chi connectivity index (χ3v) is 5.28. The van der Waals surface area contributed by atoms with Crippen molar-refractivity contribution in [3.8, 4) is 0 Å². The molecular formula is C21H23N3O2. The number of likely N-dealkylation sites (tertiary alicyclic amines) is 1. The molecule has 1 saturated heterocycles. The number of benzene rings is 1. The van der Waals surface area contributed by atoms with Crippen molar-refractivity contribution < 1.29 is 4.79 Å². The summed E-state index contributed by atoms with van der Waals surface area (Å²) in [5.74, 6) is 0.519. The van der Waals surface area contributed by atoms with Crippen molar-refractivity contribution in [2.24, 2.45) is 5.92 Å². The van der Waals surface area contributed by atoms with Gasteiger partial charge in [0.2, 0.25) is 0 Å². The maximum absolute atomic E-state index is 12.7. The fourth-order valence-corrected chi connectivity index (χ4v) is 4.26. The molecule has 2 amide bonds. The van der Waals surface area contributed by atoms with Gasteiger partial charge in [-0.25, -0.2) is 4.79 Å². The van der Waals surface area contributed by atoms with Gasteiger partial charge in [-0.2, -0.15) is 0 Å². The number of para-hydroxylation sites is 1. The first-order valence-corrected chi connectivity index (χ1v) is 9.13. The Morgan fingerprint density at radius 2 is 1.92 bits per heavy atom. The Bertz CT molecular complexity index is 901. The minimum Gasteiger partial charge on any atom is -0.324 e. The number of nitrogens with one attached hydrogen (secondary N) is 1. The average Bonchev–Trinajstić information content (AvgIpc) is 2.65. The number of urea groups is 1. The molecule has 134 valence electrons. The highest BCUT2D eigenvalue weighted by Gasteiger charge is 2.37. The van der Waals surface area contributed by atoms with E-state index < -0.39 is 0 Å². The molecule has 1 fully saturated rings. The minimum absolute atomic E-state index is 0.0603. The number of hydrogen-bond donors (Lipinski definition) is 1. The van der Waals surface area contributed by atoms with Crippen molar-refractivity contribution >= 4 is 17.8 Å². The molecule has 2 aromatic rings. The van der Waals surface area contributed by atoms with Crippen LogP contribution in [-0.4, -0.2) is 28.6 Å². The van der Waals surface area contributed by atoms with Crippen LogP contribution in [0.25, 0.3) is 6.08 Å². The maximum atomic E-state index is 12.7. The van der Waals surface area contributed by atoms with Crippen molar-refractivity contribution in [1.29, 1.82) is 0 Å². The van der Waals surface area contributed by atoms with Crippen LogP contribution in [0.2, 0.25) is 0 Å². The minimum atomic E-state index is -0.0646. The zero-order valence-corrected chi connectivity index (χ0v) is 14.9. The van der Waals surface area contributed by atoms with Gasteiger partial charge in [-0.05, 0) is 43.0 Å². The van der Waals surface area contributed by atoms with Gasteiger partial charge in [0, 0.05) is 43.0 Å². The molecule has 2 unspecified atom stereocenters. The zero-order chi connectivity index (χ0) is 18.1. The van der Waals surface area contributed by atoms with Crippen molar-refractivity contribution in [3.63, 3.8) is 0 Å². The number of aromatic nitrogens is 1. The Hall–Kier alpha value is -2.82. The number of anilines is 1. The summed E-state index contributed by atoms with van der Waals surface area (Å²) in [6.45, 7) is 4.00. The topological polar surface area (TPSA) is 54.3 Å². The van der Waals surface area contributed by atoms with E-state index in [1.165, 1.54) is 0 Å². The van der Waals surface area contributed by atoms with E-state index in [0.717, 1.165) is 23.4 Å². The van der Waals surface area contributed by atoms with E-state index in [1.54, 1.807) is 6.07 Å². The van der Waals surface area contributed by atoms with Gasteiger partial charge in [0.05, 0.1) is 0 Å². The lowest BCUT2D eigenvalue weighted by Crippen LogP contribution is -2.50. The molecule has 2 aliphatic heterocycles. The predicted octanol–water partition coefficient (Wildman–Crippen LogP) is 3.53. The molecule has 4 rings (SSSR count). The number of fused-ring (bicyclic) bond motifs is 4. The average molecular weight is 349 g/mol. The Labute approximate surface area is 152 Å². The van der Waals surface area contributed by atoms with Gasteiger partial charge in [0.1, 0.15) is 0 Å². The summed E-state index contributed by atoms with van der Waals surface area (Å²) >= 11 is 0. The molecule has 26 heavy (non-hydrogen) atoms. The first-order chi connectivity index (χ1) is 12.7. The number of nitrogens with zero attached hydrogens (tertiary/aromatic N) is 2. The molecule has 0 saturated carbocycles. The third kappa shape index (κ3) is 3.05. The van der Waals surface area contributed by atoms with Crippen molar-refractivity contribution in [1.82, 2.24) is 9.47 Å². The van der Waals surface area contributed by atoms with Crippen LogP contribution >= 0.6 is 0 Å². The van der Waals surface area contributed by atoms with Crippen molar-refractivity contribution in [2.45, 2.75) is 25.8 Å². The van der Waals surface area contributed by atoms with Crippen LogP contribution in [0.1, 0.15) is 30.5 Å². The number of carbonyl (C=O) groups excluding carboxylic acids is 1. The summed E-state index contributed by atoms with van der Waals surface area (Å²) in [6.07, 6.45) is 5.08. The van der Waals surface area contributed by atoms with E-state index in [9.17, 15) is 9.59 Å². The first-order valence-electron chi connectivity index (χ1n) is 9.13. The van der Waals surface area contributed by atoms with Crippen LogP contribution < -0.4 is 10.9 Å². The van der Waals surface area contributed by atoms with E-state index in [-0.39, 0.29) is 17.5 Å². The molecule has 1 aromatic heterocycles. The lowest BCUT2D eigenvalue weighted by atomic mass is 9.81. The Kier molecular flexibility index (Phi) is 4.37. The van der Waals surface area contributed by atoms with Crippen LogP contribution in [0, 0.1) is 5.92 Å². The summed E-state index contributed by atoms with van der Waals surface area (Å²) in [7, 11) is 0. The second kappa shape index (κ2) is 6.83. The standard InChI is InChI=1S/C21H23N3O2/c1-2-6-16-9-10-19(25)24-13-15-11-17(20(16)24)14-23(12-15)21(26)22-18-7-4-3-5-8-18/h2-10,15,17H,11-14H2,1H3,(H,22,26). The van der Waals surface area contributed by atoms with Gasteiger partial charge in [-0.15, -0.1) is 0 Å². The molecular weight excluding hydrogens is 326 g/mol. The normalized spacial score (nSPS) is 21.5. The molecule has 0 radical (unpaired) electrons. The highest BCUT2D eigenvalue weighted by Crippen LogP contribution is 2.37. The molecule has 2 aliphatic rings. The van der Waals surface area contributed by atoms with E-state index in [0.29, 0.717) is 25.6 Å². The van der Waals surface area contributed by atoms with Crippen LogP contribution in [-0.2, 0) is 6.54 Å². The molecule has 0 aliphatic carbocycles. The van der Waals surface area contributed by atoms with Crippen molar-refractivity contribution in [3.05, 3.63) is 70.2 Å².